The van der Waals surface area contributed by atoms with E-state index in [0.717, 1.165) is 64.8 Å². The Hall–Kier alpha value is -2.13. The monoisotopic (exact) mass is 388 g/mol. The minimum atomic E-state index is 0.150. The smallest absolute Gasteiger partial charge is 0.226 e. The second kappa shape index (κ2) is 7.95. The number of hydrogen-bond donors (Lipinski definition) is 0. The predicted molar refractivity (Wildman–Crippen MR) is 117 cm³/mol. The first-order chi connectivity index (χ1) is 14.2. The fraction of sp³-hybridized carbons (Fsp3) is 0.500. The number of benzene rings is 2. The topological polar surface area (TPSA) is 23.6 Å². The van der Waals surface area contributed by atoms with Gasteiger partial charge >= 0.3 is 0 Å². The molecule has 3 heteroatoms. The number of nitrogens with zero attached hydrogens (tertiary/aromatic N) is 2. The van der Waals surface area contributed by atoms with Gasteiger partial charge in [-0.05, 0) is 61.9 Å². The fourth-order valence-corrected chi connectivity index (χ4v) is 5.52. The molecule has 0 N–H and O–H groups in total. The summed E-state index contributed by atoms with van der Waals surface area (Å²) in [5, 5.41) is 0. The number of hydrogen-bond acceptors (Lipinski definition) is 2. The Balaban J connectivity index is 1.29. The summed E-state index contributed by atoms with van der Waals surface area (Å²) in [5.41, 5.74) is 4.47. The van der Waals surface area contributed by atoms with Gasteiger partial charge in [-0.3, -0.25) is 4.79 Å². The normalized spacial score (nSPS) is 21.6. The molecular weight excluding hydrogens is 356 g/mol. The quantitative estimate of drug-likeness (QED) is 0.775. The Morgan fingerprint density at radius 2 is 1.69 bits per heavy atom. The summed E-state index contributed by atoms with van der Waals surface area (Å²) in [6.45, 7) is 5.13. The van der Waals surface area contributed by atoms with Gasteiger partial charge in [-0.25, -0.2) is 0 Å². The van der Waals surface area contributed by atoms with E-state index in [1.165, 1.54) is 23.1 Å². The maximum atomic E-state index is 13.1. The zero-order valence-electron chi connectivity index (χ0n) is 17.4. The summed E-state index contributed by atoms with van der Waals surface area (Å²) in [6.07, 6.45) is 6.86. The van der Waals surface area contributed by atoms with Gasteiger partial charge in [-0.2, -0.15) is 0 Å². The molecule has 3 nitrogen and oxygen atoms in total. The Morgan fingerprint density at radius 1 is 0.966 bits per heavy atom. The Kier molecular flexibility index (Phi) is 5.17. The van der Waals surface area contributed by atoms with Gasteiger partial charge in [0.05, 0.1) is 0 Å². The van der Waals surface area contributed by atoms with E-state index in [0.29, 0.717) is 11.8 Å². The van der Waals surface area contributed by atoms with Crippen LogP contribution < -0.4 is 0 Å². The highest BCUT2D eigenvalue weighted by Crippen LogP contribution is 2.43. The van der Waals surface area contributed by atoms with Crippen molar-refractivity contribution in [3.63, 3.8) is 0 Å². The summed E-state index contributed by atoms with van der Waals surface area (Å²) >= 11 is 0. The summed E-state index contributed by atoms with van der Waals surface area (Å²) < 4.78 is 0. The molecule has 2 aliphatic heterocycles. The molecule has 1 amide bonds. The maximum Gasteiger partial charge on any atom is 0.226 e. The van der Waals surface area contributed by atoms with Crippen molar-refractivity contribution < 1.29 is 4.79 Å². The number of fused-ring (bicyclic) bond motifs is 2. The Labute approximate surface area is 174 Å². The van der Waals surface area contributed by atoms with Crippen LogP contribution in [-0.2, 0) is 23.2 Å². The lowest BCUT2D eigenvalue weighted by atomic mass is 9.68. The fourth-order valence-electron chi connectivity index (χ4n) is 5.52. The lowest BCUT2D eigenvalue weighted by Gasteiger charge is -2.49. The molecule has 2 fully saturated rings. The van der Waals surface area contributed by atoms with Gasteiger partial charge < -0.3 is 9.80 Å². The van der Waals surface area contributed by atoms with Crippen molar-refractivity contribution in [3.8, 4) is 0 Å². The number of carbonyl (C=O) groups is 1. The molecule has 0 radical (unpaired) electrons. The van der Waals surface area contributed by atoms with Crippen molar-refractivity contribution in [2.75, 3.05) is 26.2 Å². The molecule has 2 aromatic carbocycles. The van der Waals surface area contributed by atoms with Crippen LogP contribution in [0, 0.1) is 5.92 Å². The first-order valence-electron chi connectivity index (χ1n) is 11.4. The largest absolute Gasteiger partial charge is 0.337 e. The Morgan fingerprint density at radius 3 is 2.41 bits per heavy atom. The molecule has 2 aromatic rings. The molecule has 152 valence electrons. The van der Waals surface area contributed by atoms with Crippen LogP contribution in [0.2, 0.25) is 0 Å². The molecule has 29 heavy (non-hydrogen) atoms. The minimum Gasteiger partial charge on any atom is -0.337 e. The third-order valence-electron chi connectivity index (χ3n) is 7.58. The van der Waals surface area contributed by atoms with E-state index < -0.39 is 0 Å². The van der Waals surface area contributed by atoms with Gasteiger partial charge in [0.2, 0.25) is 5.91 Å². The van der Waals surface area contributed by atoms with Crippen LogP contribution in [0.3, 0.4) is 0 Å². The molecule has 3 aliphatic rings. The van der Waals surface area contributed by atoms with Gasteiger partial charge in [0.15, 0.2) is 0 Å². The van der Waals surface area contributed by atoms with E-state index in [2.05, 4.69) is 64.4 Å². The summed E-state index contributed by atoms with van der Waals surface area (Å²) in [6, 6.07) is 19.7. The summed E-state index contributed by atoms with van der Waals surface area (Å²) in [5.74, 6) is 0.708. The van der Waals surface area contributed by atoms with E-state index in [1.54, 1.807) is 0 Å². The van der Waals surface area contributed by atoms with Crippen LogP contribution in [0.1, 0.15) is 48.8 Å². The first kappa shape index (κ1) is 18.9. The Bertz CT molecular complexity index is 850. The highest BCUT2D eigenvalue weighted by molar-refractivity contribution is 5.80. The van der Waals surface area contributed by atoms with Crippen molar-refractivity contribution in [2.45, 2.75) is 50.5 Å². The predicted octanol–water partition coefficient (Wildman–Crippen LogP) is 4.41. The molecule has 0 atom stereocenters. The van der Waals surface area contributed by atoms with E-state index in [9.17, 15) is 4.79 Å². The molecular formula is C26H32N2O. The van der Waals surface area contributed by atoms with Crippen LogP contribution in [-0.4, -0.2) is 41.9 Å². The van der Waals surface area contributed by atoms with Crippen LogP contribution in [0.25, 0.3) is 0 Å². The molecule has 1 saturated carbocycles. The van der Waals surface area contributed by atoms with E-state index in [4.69, 9.17) is 0 Å². The zero-order valence-corrected chi connectivity index (χ0v) is 17.4. The molecule has 0 aromatic heterocycles. The third-order valence-corrected chi connectivity index (χ3v) is 7.58. The first-order valence-corrected chi connectivity index (χ1v) is 11.4. The number of carbonyl (C=O) groups excluding carboxylic acids is 1. The number of rotatable bonds is 4. The van der Waals surface area contributed by atoms with Crippen LogP contribution in [0.15, 0.2) is 54.6 Å². The SMILES string of the molecule is O=C(C1CCC1)N1Cc2ccccc2C2(CCN(CCc3ccccc3)CC2)C1. The average Bonchev–Trinajstić information content (AvgIpc) is 2.73. The van der Waals surface area contributed by atoms with Crippen molar-refractivity contribution in [3.05, 3.63) is 71.3 Å². The van der Waals surface area contributed by atoms with E-state index in [-0.39, 0.29) is 5.41 Å². The van der Waals surface area contributed by atoms with Crippen molar-refractivity contribution in [1.82, 2.24) is 9.80 Å². The highest BCUT2D eigenvalue weighted by atomic mass is 16.2. The van der Waals surface area contributed by atoms with Gasteiger partial charge in [0.1, 0.15) is 0 Å². The summed E-state index contributed by atoms with van der Waals surface area (Å²) in [4.78, 5) is 17.9. The van der Waals surface area contributed by atoms with Gasteiger partial charge in [-0.1, -0.05) is 61.0 Å². The lowest BCUT2D eigenvalue weighted by molar-refractivity contribution is -0.140. The standard InChI is InChI=1S/C26H32N2O/c29-25(22-10-6-11-22)28-19-23-9-4-5-12-24(23)26(20-28)14-17-27(18-15-26)16-13-21-7-2-1-3-8-21/h1-5,7-9,12,22H,6,10-11,13-20H2. The van der Waals surface area contributed by atoms with E-state index in [1.807, 2.05) is 0 Å². The lowest BCUT2D eigenvalue weighted by Crippen LogP contribution is -2.54. The molecule has 2 heterocycles. The zero-order chi connectivity index (χ0) is 19.7. The van der Waals surface area contributed by atoms with Gasteiger partial charge in [0, 0.05) is 31.0 Å². The number of amides is 1. The highest BCUT2D eigenvalue weighted by Gasteiger charge is 2.44. The molecule has 1 aliphatic carbocycles. The molecule has 1 spiro atoms. The van der Waals surface area contributed by atoms with Crippen LogP contribution in [0.5, 0.6) is 0 Å². The second-order valence-electron chi connectivity index (χ2n) is 9.34. The van der Waals surface area contributed by atoms with Gasteiger partial charge in [0.25, 0.3) is 0 Å². The van der Waals surface area contributed by atoms with Crippen LogP contribution in [0.4, 0.5) is 0 Å². The van der Waals surface area contributed by atoms with Crippen molar-refractivity contribution in [2.24, 2.45) is 5.92 Å². The molecule has 5 rings (SSSR count). The maximum absolute atomic E-state index is 13.1. The number of piperidine rings is 1. The second-order valence-corrected chi connectivity index (χ2v) is 9.34. The minimum absolute atomic E-state index is 0.150. The third kappa shape index (κ3) is 3.73. The summed E-state index contributed by atoms with van der Waals surface area (Å²) in [7, 11) is 0. The van der Waals surface area contributed by atoms with Crippen molar-refractivity contribution in [1.29, 1.82) is 0 Å². The number of likely N-dealkylation sites (tertiary alicyclic amines) is 1. The van der Waals surface area contributed by atoms with E-state index >= 15 is 0 Å². The molecule has 1 saturated heterocycles. The van der Waals surface area contributed by atoms with Gasteiger partial charge in [-0.15, -0.1) is 0 Å². The molecule has 0 bridgehead atoms. The molecule has 0 unspecified atom stereocenters. The average molecular weight is 389 g/mol. The van der Waals surface area contributed by atoms with Crippen molar-refractivity contribution >= 4 is 5.91 Å². The van der Waals surface area contributed by atoms with Crippen LogP contribution >= 0.6 is 0 Å².